The molecule has 1 aliphatic rings. The van der Waals surface area contributed by atoms with Crippen molar-refractivity contribution in [3.63, 3.8) is 0 Å². The molecule has 1 aromatic heterocycles. The highest BCUT2D eigenvalue weighted by atomic mass is 16.6. The van der Waals surface area contributed by atoms with Gasteiger partial charge in [-0.25, -0.2) is 4.98 Å². The number of aromatic nitrogens is 2. The van der Waals surface area contributed by atoms with Crippen LogP contribution in [-0.2, 0) is 0 Å². The highest BCUT2D eigenvalue weighted by Gasteiger charge is 2.27. The molecule has 0 bridgehead atoms. The first-order valence-electron chi connectivity index (χ1n) is 8.55. The first-order chi connectivity index (χ1) is 12.0. The third-order valence-electron chi connectivity index (χ3n) is 4.61. The SMILES string of the molecule is Cc1ccc(Oc2ncnc(NC3CCCCC3)c2[N+](=O)[O-])cc1C. The summed E-state index contributed by atoms with van der Waals surface area (Å²) >= 11 is 0. The second-order valence-electron chi connectivity index (χ2n) is 6.46. The molecule has 1 fully saturated rings. The van der Waals surface area contributed by atoms with Crippen molar-refractivity contribution in [3.8, 4) is 11.6 Å². The number of nitrogens with zero attached hydrogens (tertiary/aromatic N) is 3. The molecule has 0 saturated heterocycles. The monoisotopic (exact) mass is 342 g/mol. The summed E-state index contributed by atoms with van der Waals surface area (Å²) in [6.07, 6.45) is 6.76. The summed E-state index contributed by atoms with van der Waals surface area (Å²) in [4.78, 5) is 19.2. The molecule has 0 unspecified atom stereocenters. The Hall–Kier alpha value is -2.70. The number of anilines is 1. The Morgan fingerprint density at radius 1 is 1.16 bits per heavy atom. The number of aryl methyl sites for hydroxylation is 2. The van der Waals surface area contributed by atoms with Crippen LogP contribution in [0.25, 0.3) is 0 Å². The van der Waals surface area contributed by atoms with Gasteiger partial charge in [0.2, 0.25) is 5.82 Å². The predicted molar refractivity (Wildman–Crippen MR) is 95.2 cm³/mol. The molecule has 132 valence electrons. The van der Waals surface area contributed by atoms with Crippen molar-refractivity contribution in [2.45, 2.75) is 52.0 Å². The number of ether oxygens (including phenoxy) is 1. The Bertz CT molecular complexity index is 773. The van der Waals surface area contributed by atoms with Crippen molar-refractivity contribution >= 4 is 11.5 Å². The van der Waals surface area contributed by atoms with E-state index in [2.05, 4.69) is 15.3 Å². The van der Waals surface area contributed by atoms with Gasteiger partial charge in [0.1, 0.15) is 12.1 Å². The fraction of sp³-hybridized carbons (Fsp3) is 0.444. The molecule has 1 aromatic carbocycles. The topological polar surface area (TPSA) is 90.2 Å². The second kappa shape index (κ2) is 7.46. The number of rotatable bonds is 5. The van der Waals surface area contributed by atoms with E-state index in [0.29, 0.717) is 5.75 Å². The van der Waals surface area contributed by atoms with Gasteiger partial charge in [0.15, 0.2) is 0 Å². The molecule has 0 spiro atoms. The number of benzene rings is 1. The molecule has 7 heteroatoms. The molecular weight excluding hydrogens is 320 g/mol. The summed E-state index contributed by atoms with van der Waals surface area (Å²) in [6.45, 7) is 3.96. The van der Waals surface area contributed by atoms with E-state index in [1.807, 2.05) is 26.0 Å². The first-order valence-corrected chi connectivity index (χ1v) is 8.55. The minimum Gasteiger partial charge on any atom is -0.434 e. The third-order valence-corrected chi connectivity index (χ3v) is 4.61. The van der Waals surface area contributed by atoms with Gasteiger partial charge in [0.05, 0.1) is 4.92 Å². The maximum Gasteiger partial charge on any atom is 0.373 e. The van der Waals surface area contributed by atoms with Gasteiger partial charge in [-0.15, -0.1) is 0 Å². The van der Waals surface area contributed by atoms with Crippen LogP contribution >= 0.6 is 0 Å². The van der Waals surface area contributed by atoms with Crippen LogP contribution < -0.4 is 10.1 Å². The summed E-state index contributed by atoms with van der Waals surface area (Å²) < 4.78 is 5.70. The van der Waals surface area contributed by atoms with Gasteiger partial charge in [-0.05, 0) is 49.9 Å². The molecular formula is C18H22N4O3. The minimum atomic E-state index is -0.485. The van der Waals surface area contributed by atoms with Crippen LogP contribution in [0.5, 0.6) is 11.6 Å². The van der Waals surface area contributed by atoms with Gasteiger partial charge in [-0.2, -0.15) is 4.98 Å². The minimum absolute atomic E-state index is 0.0402. The molecule has 0 radical (unpaired) electrons. The average molecular weight is 342 g/mol. The van der Waals surface area contributed by atoms with Gasteiger partial charge in [-0.3, -0.25) is 10.1 Å². The van der Waals surface area contributed by atoms with E-state index in [0.717, 1.165) is 36.8 Å². The van der Waals surface area contributed by atoms with E-state index in [1.165, 1.54) is 12.7 Å². The number of hydrogen-bond acceptors (Lipinski definition) is 6. The van der Waals surface area contributed by atoms with Crippen LogP contribution in [0.4, 0.5) is 11.5 Å². The molecule has 0 atom stereocenters. The van der Waals surface area contributed by atoms with Crippen LogP contribution in [0.2, 0.25) is 0 Å². The lowest BCUT2D eigenvalue weighted by Gasteiger charge is -2.23. The maximum atomic E-state index is 11.6. The van der Waals surface area contributed by atoms with Gasteiger partial charge >= 0.3 is 11.6 Å². The quantitative estimate of drug-likeness (QED) is 0.634. The number of nitro groups is 1. The Labute approximate surface area is 146 Å². The molecule has 3 rings (SSSR count). The highest BCUT2D eigenvalue weighted by molar-refractivity contribution is 5.62. The van der Waals surface area contributed by atoms with Crippen molar-refractivity contribution in [1.82, 2.24) is 9.97 Å². The molecule has 1 N–H and O–H groups in total. The molecule has 2 aromatic rings. The van der Waals surface area contributed by atoms with Gasteiger partial charge in [0.25, 0.3) is 0 Å². The van der Waals surface area contributed by atoms with Gasteiger partial charge < -0.3 is 10.1 Å². The fourth-order valence-corrected chi connectivity index (χ4v) is 3.04. The molecule has 7 nitrogen and oxygen atoms in total. The van der Waals surface area contributed by atoms with Gasteiger partial charge in [0, 0.05) is 6.04 Å². The smallest absolute Gasteiger partial charge is 0.373 e. The maximum absolute atomic E-state index is 11.6. The zero-order valence-corrected chi connectivity index (χ0v) is 14.5. The summed E-state index contributed by atoms with van der Waals surface area (Å²) in [6, 6.07) is 5.74. The zero-order chi connectivity index (χ0) is 17.8. The van der Waals surface area contributed by atoms with Crippen LogP contribution in [-0.4, -0.2) is 20.9 Å². The first kappa shape index (κ1) is 17.1. The standard InChI is InChI=1S/C18H22N4O3/c1-12-8-9-15(10-13(12)2)25-18-16(22(23)24)17(19-11-20-18)21-14-6-4-3-5-7-14/h8-11,14H,3-7H2,1-2H3,(H,19,20,21). The lowest BCUT2D eigenvalue weighted by molar-refractivity contribution is -0.385. The molecule has 1 heterocycles. The number of nitrogens with one attached hydrogen (secondary N) is 1. The lowest BCUT2D eigenvalue weighted by atomic mass is 9.95. The second-order valence-corrected chi connectivity index (χ2v) is 6.46. The van der Waals surface area contributed by atoms with E-state index in [-0.39, 0.29) is 23.4 Å². The summed E-state index contributed by atoms with van der Waals surface area (Å²) in [5, 5.41) is 14.8. The van der Waals surface area contributed by atoms with E-state index in [1.54, 1.807) is 6.07 Å². The van der Waals surface area contributed by atoms with E-state index >= 15 is 0 Å². The Kier molecular flexibility index (Phi) is 5.11. The van der Waals surface area contributed by atoms with Gasteiger partial charge in [-0.1, -0.05) is 25.3 Å². The van der Waals surface area contributed by atoms with E-state index < -0.39 is 4.92 Å². The van der Waals surface area contributed by atoms with E-state index in [9.17, 15) is 10.1 Å². The van der Waals surface area contributed by atoms with Crippen molar-refractivity contribution in [3.05, 3.63) is 45.8 Å². The average Bonchev–Trinajstić information content (AvgIpc) is 2.59. The Morgan fingerprint density at radius 3 is 2.60 bits per heavy atom. The summed E-state index contributed by atoms with van der Waals surface area (Å²) in [5.41, 5.74) is 1.96. The molecule has 1 saturated carbocycles. The highest BCUT2D eigenvalue weighted by Crippen LogP contribution is 2.35. The molecule has 0 amide bonds. The van der Waals surface area contributed by atoms with E-state index in [4.69, 9.17) is 4.74 Å². The Morgan fingerprint density at radius 2 is 1.92 bits per heavy atom. The van der Waals surface area contributed by atoms with Crippen molar-refractivity contribution in [1.29, 1.82) is 0 Å². The number of hydrogen-bond donors (Lipinski definition) is 1. The van der Waals surface area contributed by atoms with Crippen LogP contribution in [0, 0.1) is 24.0 Å². The summed E-state index contributed by atoms with van der Waals surface area (Å²) in [5.74, 6) is 0.709. The zero-order valence-electron chi connectivity index (χ0n) is 14.5. The Balaban J connectivity index is 1.88. The fourth-order valence-electron chi connectivity index (χ4n) is 3.04. The molecule has 1 aliphatic carbocycles. The van der Waals surface area contributed by atoms with Crippen LogP contribution in [0.15, 0.2) is 24.5 Å². The molecule has 0 aliphatic heterocycles. The van der Waals surface area contributed by atoms with Crippen molar-refractivity contribution < 1.29 is 9.66 Å². The largest absolute Gasteiger partial charge is 0.434 e. The van der Waals surface area contributed by atoms with Crippen LogP contribution in [0.1, 0.15) is 43.2 Å². The van der Waals surface area contributed by atoms with Crippen molar-refractivity contribution in [2.24, 2.45) is 0 Å². The lowest BCUT2D eigenvalue weighted by Crippen LogP contribution is -2.23. The summed E-state index contributed by atoms with van der Waals surface area (Å²) in [7, 11) is 0. The van der Waals surface area contributed by atoms with Crippen LogP contribution in [0.3, 0.4) is 0 Å². The third kappa shape index (κ3) is 4.04. The normalized spacial score (nSPS) is 15.0. The molecule has 25 heavy (non-hydrogen) atoms. The van der Waals surface area contributed by atoms with Crippen molar-refractivity contribution in [2.75, 3.05) is 5.32 Å². The predicted octanol–water partition coefficient (Wildman–Crippen LogP) is 4.54.